The highest BCUT2D eigenvalue weighted by Crippen LogP contribution is 2.48. The van der Waals surface area contributed by atoms with Gasteiger partial charge in [0.15, 0.2) is 0 Å². The maximum absolute atomic E-state index is 11.0. The minimum Gasteiger partial charge on any atom is -0.481 e. The van der Waals surface area contributed by atoms with Crippen LogP contribution in [0.3, 0.4) is 0 Å². The number of halogens is 1. The molecule has 1 saturated heterocycles. The van der Waals surface area contributed by atoms with Gasteiger partial charge in [0.05, 0.1) is 4.08 Å². The maximum atomic E-state index is 11.0. The van der Waals surface area contributed by atoms with Gasteiger partial charge in [-0.05, 0) is 30.5 Å². The number of carbonyl (C=O) groups is 1. The Balaban J connectivity index is 1.70. The quantitative estimate of drug-likeness (QED) is 0.785. The lowest BCUT2D eigenvalue weighted by atomic mass is 10.1. The second-order valence-electron chi connectivity index (χ2n) is 5.78. The van der Waals surface area contributed by atoms with Gasteiger partial charge in [-0.3, -0.25) is 4.79 Å². The number of nitrogens with zero attached hydrogens (tertiary/aromatic N) is 2. The molecule has 4 nitrogen and oxygen atoms in total. The summed E-state index contributed by atoms with van der Waals surface area (Å²) in [5, 5.41) is 9.79. The van der Waals surface area contributed by atoms with Gasteiger partial charge >= 0.3 is 5.97 Å². The van der Waals surface area contributed by atoms with Gasteiger partial charge in [-0.1, -0.05) is 23.7 Å². The number of imidazole rings is 1. The third-order valence-electron chi connectivity index (χ3n) is 4.04. The lowest BCUT2D eigenvalue weighted by Crippen LogP contribution is -2.27. The van der Waals surface area contributed by atoms with Crippen LogP contribution in [0.5, 0.6) is 0 Å². The number of carboxylic acids is 1. The number of aromatic nitrogens is 2. The lowest BCUT2D eigenvalue weighted by Gasteiger charge is -2.28. The van der Waals surface area contributed by atoms with Crippen LogP contribution in [0.15, 0.2) is 36.7 Å². The average molecular weight is 383 g/mol. The first-order chi connectivity index (χ1) is 11.6. The molecular formula is C17H19ClN2O2S2. The van der Waals surface area contributed by atoms with E-state index in [9.17, 15) is 4.79 Å². The largest absolute Gasteiger partial charge is 0.481 e. The van der Waals surface area contributed by atoms with Crippen LogP contribution in [0.4, 0.5) is 0 Å². The number of carboxylic acid groups (broad SMARTS) is 1. The Labute approximate surface area is 155 Å². The molecule has 0 radical (unpaired) electrons. The first-order valence-corrected chi connectivity index (χ1v) is 10.2. The molecule has 0 unspecified atom stereocenters. The zero-order valence-electron chi connectivity index (χ0n) is 13.2. The molecule has 0 aliphatic carbocycles. The molecule has 1 aliphatic heterocycles. The predicted octanol–water partition coefficient (Wildman–Crippen LogP) is 3.97. The average Bonchev–Trinajstić information content (AvgIpc) is 3.17. The number of thioether (sulfide) groups is 2. The fourth-order valence-corrected chi connectivity index (χ4v) is 6.17. The highest BCUT2D eigenvalue weighted by atomic mass is 35.5. The number of aliphatic carboxylic acids is 1. The molecule has 0 saturated carbocycles. The van der Waals surface area contributed by atoms with Gasteiger partial charge in [-0.2, -0.15) is 0 Å². The van der Waals surface area contributed by atoms with Crippen LogP contribution in [-0.4, -0.2) is 36.2 Å². The van der Waals surface area contributed by atoms with Crippen molar-refractivity contribution in [2.24, 2.45) is 0 Å². The van der Waals surface area contributed by atoms with Crippen molar-refractivity contribution >= 4 is 41.1 Å². The van der Waals surface area contributed by atoms with Crippen LogP contribution in [0.2, 0.25) is 5.02 Å². The summed E-state index contributed by atoms with van der Waals surface area (Å²) in [6, 6.07) is 8.01. The summed E-state index contributed by atoms with van der Waals surface area (Å²) >= 11 is 9.91. The van der Waals surface area contributed by atoms with Crippen LogP contribution in [0.1, 0.15) is 17.8 Å². The summed E-state index contributed by atoms with van der Waals surface area (Å²) < 4.78 is 2.08. The Kier molecular flexibility index (Phi) is 5.79. The zero-order valence-corrected chi connectivity index (χ0v) is 15.5. The van der Waals surface area contributed by atoms with Crippen molar-refractivity contribution in [3.05, 3.63) is 53.1 Å². The fraction of sp³-hybridized carbons (Fsp3) is 0.412. The van der Waals surface area contributed by atoms with Crippen molar-refractivity contribution < 1.29 is 9.90 Å². The van der Waals surface area contributed by atoms with Crippen molar-refractivity contribution in [2.75, 3.05) is 11.5 Å². The van der Waals surface area contributed by atoms with Crippen molar-refractivity contribution in [2.45, 2.75) is 29.9 Å². The van der Waals surface area contributed by atoms with E-state index in [1.54, 1.807) is 6.20 Å². The Morgan fingerprint density at radius 1 is 1.29 bits per heavy atom. The first-order valence-electron chi connectivity index (χ1n) is 7.80. The third-order valence-corrected chi connectivity index (χ3v) is 7.80. The number of hydrogen-bond donors (Lipinski definition) is 1. The van der Waals surface area contributed by atoms with Gasteiger partial charge in [-0.15, -0.1) is 23.5 Å². The molecule has 7 heteroatoms. The molecule has 0 spiro atoms. The third kappa shape index (κ3) is 4.49. The Hall–Kier alpha value is -1.11. The minimum absolute atomic E-state index is 0.0321. The smallest absolute Gasteiger partial charge is 0.311 e. The van der Waals surface area contributed by atoms with E-state index in [2.05, 4.69) is 17.1 Å². The van der Waals surface area contributed by atoms with E-state index in [1.165, 1.54) is 5.56 Å². The van der Waals surface area contributed by atoms with E-state index in [-0.39, 0.29) is 10.5 Å². The standard InChI is InChI=1S/C17H19ClN2O2S2/c18-14-3-1-13(2-4-14)5-6-17(23-9-10-24-17)12-20-8-7-19-15(20)11-16(21)22/h1-4,7-8H,5-6,9-12H2,(H,21,22). The van der Waals surface area contributed by atoms with Gasteiger partial charge < -0.3 is 9.67 Å². The molecule has 1 aromatic heterocycles. The van der Waals surface area contributed by atoms with Crippen molar-refractivity contribution in [1.82, 2.24) is 9.55 Å². The zero-order chi connectivity index (χ0) is 17.0. The summed E-state index contributed by atoms with van der Waals surface area (Å²) in [7, 11) is 0. The Morgan fingerprint density at radius 2 is 2.00 bits per heavy atom. The predicted molar refractivity (Wildman–Crippen MR) is 101 cm³/mol. The lowest BCUT2D eigenvalue weighted by molar-refractivity contribution is -0.136. The fourth-order valence-electron chi connectivity index (χ4n) is 2.84. The first kappa shape index (κ1) is 17.7. The minimum atomic E-state index is -0.843. The monoisotopic (exact) mass is 382 g/mol. The van der Waals surface area contributed by atoms with Gasteiger partial charge in [-0.25, -0.2) is 4.98 Å². The molecular weight excluding hydrogens is 364 g/mol. The topological polar surface area (TPSA) is 55.1 Å². The van der Waals surface area contributed by atoms with Gasteiger partial charge in [0.2, 0.25) is 0 Å². The molecule has 2 aromatic rings. The van der Waals surface area contributed by atoms with E-state index in [1.807, 2.05) is 46.4 Å². The molecule has 3 rings (SSSR count). The summed E-state index contributed by atoms with van der Waals surface area (Å²) in [4.78, 5) is 15.2. The van der Waals surface area contributed by atoms with Crippen molar-refractivity contribution in [3.8, 4) is 0 Å². The summed E-state index contributed by atoms with van der Waals surface area (Å²) in [5.74, 6) is 2.05. The number of aryl methyl sites for hydroxylation is 1. The highest BCUT2D eigenvalue weighted by Gasteiger charge is 2.36. The molecule has 1 aliphatic rings. The summed E-state index contributed by atoms with van der Waals surface area (Å²) in [6.45, 7) is 0.790. The summed E-state index contributed by atoms with van der Waals surface area (Å²) in [6.07, 6.45) is 5.57. The molecule has 1 fully saturated rings. The highest BCUT2D eigenvalue weighted by molar-refractivity contribution is 8.21. The van der Waals surface area contributed by atoms with Crippen LogP contribution in [0.25, 0.3) is 0 Å². The molecule has 0 bridgehead atoms. The van der Waals surface area contributed by atoms with Crippen LogP contribution in [-0.2, 0) is 24.2 Å². The second-order valence-corrected chi connectivity index (χ2v) is 9.43. The molecule has 24 heavy (non-hydrogen) atoms. The van der Waals surface area contributed by atoms with Crippen molar-refractivity contribution in [1.29, 1.82) is 0 Å². The van der Waals surface area contributed by atoms with Crippen LogP contribution >= 0.6 is 35.1 Å². The normalized spacial score (nSPS) is 16.4. The van der Waals surface area contributed by atoms with E-state index in [0.29, 0.717) is 5.82 Å². The second kappa shape index (κ2) is 7.85. The van der Waals surface area contributed by atoms with Gasteiger partial charge in [0.1, 0.15) is 12.2 Å². The van der Waals surface area contributed by atoms with Gasteiger partial charge in [0, 0.05) is 35.5 Å². The Bertz CT molecular complexity index is 697. The van der Waals surface area contributed by atoms with E-state index < -0.39 is 5.97 Å². The summed E-state index contributed by atoms with van der Waals surface area (Å²) in [5.41, 5.74) is 1.28. The molecule has 128 valence electrons. The van der Waals surface area contributed by atoms with Crippen molar-refractivity contribution in [3.63, 3.8) is 0 Å². The molecule has 2 heterocycles. The van der Waals surface area contributed by atoms with E-state index >= 15 is 0 Å². The Morgan fingerprint density at radius 3 is 2.67 bits per heavy atom. The SMILES string of the molecule is O=C(O)Cc1nccn1CC1(CCc2ccc(Cl)cc2)SCCS1. The maximum Gasteiger partial charge on any atom is 0.311 e. The van der Waals surface area contributed by atoms with E-state index in [0.717, 1.165) is 35.9 Å². The van der Waals surface area contributed by atoms with Crippen LogP contribution < -0.4 is 0 Å². The molecule has 1 aromatic carbocycles. The molecule has 0 atom stereocenters. The number of benzene rings is 1. The van der Waals surface area contributed by atoms with Gasteiger partial charge in [0.25, 0.3) is 0 Å². The van der Waals surface area contributed by atoms with E-state index in [4.69, 9.17) is 16.7 Å². The molecule has 0 amide bonds. The number of rotatable bonds is 7. The number of hydrogen-bond acceptors (Lipinski definition) is 4. The molecule has 1 N–H and O–H groups in total. The van der Waals surface area contributed by atoms with Crippen LogP contribution in [0, 0.1) is 0 Å².